The maximum Gasteiger partial charge on any atom is 0.221 e. The summed E-state index contributed by atoms with van der Waals surface area (Å²) in [5.41, 5.74) is 2.08. The highest BCUT2D eigenvalue weighted by atomic mass is 16.1. The van der Waals surface area contributed by atoms with Crippen LogP contribution in [0, 0.1) is 5.92 Å². The number of rotatable bonds is 5. The Balaban J connectivity index is 1.85. The van der Waals surface area contributed by atoms with Crippen molar-refractivity contribution in [2.24, 2.45) is 5.92 Å². The van der Waals surface area contributed by atoms with E-state index in [0.717, 1.165) is 30.3 Å². The first-order chi connectivity index (χ1) is 8.75. The summed E-state index contributed by atoms with van der Waals surface area (Å²) in [5, 5.41) is 6.38. The van der Waals surface area contributed by atoms with Crippen LogP contribution in [-0.4, -0.2) is 12.5 Å². The fourth-order valence-electron chi connectivity index (χ4n) is 2.61. The molecule has 1 fully saturated rings. The molecule has 1 aliphatic carbocycles. The molecule has 3 heteroatoms. The molecule has 2 N–H and O–H groups in total. The molecule has 3 nitrogen and oxygen atoms in total. The molecule has 0 bridgehead atoms. The summed E-state index contributed by atoms with van der Waals surface area (Å²) >= 11 is 0. The van der Waals surface area contributed by atoms with E-state index in [9.17, 15) is 4.79 Å². The van der Waals surface area contributed by atoms with Crippen LogP contribution in [0.1, 0.15) is 38.2 Å². The molecular formula is C15H22N2O. The number of para-hydroxylation sites is 1. The summed E-state index contributed by atoms with van der Waals surface area (Å²) < 4.78 is 0. The van der Waals surface area contributed by atoms with Gasteiger partial charge in [-0.25, -0.2) is 0 Å². The van der Waals surface area contributed by atoms with Gasteiger partial charge in [-0.3, -0.25) is 4.79 Å². The summed E-state index contributed by atoms with van der Waals surface area (Å²) in [7, 11) is 0. The van der Waals surface area contributed by atoms with Crippen LogP contribution >= 0.6 is 0 Å². The molecule has 0 atom stereocenters. The smallest absolute Gasteiger partial charge is 0.221 e. The van der Waals surface area contributed by atoms with Gasteiger partial charge in [-0.1, -0.05) is 31.0 Å². The Morgan fingerprint density at radius 1 is 1.28 bits per heavy atom. The zero-order valence-corrected chi connectivity index (χ0v) is 11.0. The second kappa shape index (κ2) is 6.55. The minimum Gasteiger partial charge on any atom is -0.326 e. The van der Waals surface area contributed by atoms with Crippen LogP contribution in [0.5, 0.6) is 0 Å². The lowest BCUT2D eigenvalue weighted by Gasteiger charge is -2.13. The van der Waals surface area contributed by atoms with Crippen LogP contribution in [0.25, 0.3) is 0 Å². The Kier molecular flexibility index (Phi) is 4.76. The number of hydrogen-bond donors (Lipinski definition) is 2. The number of anilines is 1. The second-order valence-electron chi connectivity index (χ2n) is 5.12. The fourth-order valence-corrected chi connectivity index (χ4v) is 2.61. The number of nitrogens with one attached hydrogen (secondary N) is 2. The summed E-state index contributed by atoms with van der Waals surface area (Å²) in [6, 6.07) is 7.98. The van der Waals surface area contributed by atoms with E-state index in [1.165, 1.54) is 25.7 Å². The maximum atomic E-state index is 11.1. The monoisotopic (exact) mass is 246 g/mol. The molecule has 98 valence electrons. The van der Waals surface area contributed by atoms with E-state index in [0.29, 0.717) is 0 Å². The molecule has 2 rings (SSSR count). The standard InChI is InChI=1S/C15H22N2O/c1-12(18)17-15-9-5-4-8-14(15)11-16-10-13-6-2-3-7-13/h4-5,8-9,13,16H,2-3,6-7,10-11H2,1H3,(H,17,18). The van der Waals surface area contributed by atoms with Crippen molar-refractivity contribution in [3.8, 4) is 0 Å². The van der Waals surface area contributed by atoms with Gasteiger partial charge in [0.2, 0.25) is 5.91 Å². The summed E-state index contributed by atoms with van der Waals surface area (Å²) in [5.74, 6) is 0.830. The molecule has 1 saturated carbocycles. The fraction of sp³-hybridized carbons (Fsp3) is 0.533. The van der Waals surface area contributed by atoms with Gasteiger partial charge in [0.05, 0.1) is 0 Å². The molecule has 0 unspecified atom stereocenters. The highest BCUT2D eigenvalue weighted by Crippen LogP contribution is 2.24. The molecule has 0 saturated heterocycles. The normalized spacial score (nSPS) is 15.8. The zero-order chi connectivity index (χ0) is 12.8. The summed E-state index contributed by atoms with van der Waals surface area (Å²) in [4.78, 5) is 11.1. The number of carbonyl (C=O) groups is 1. The van der Waals surface area contributed by atoms with E-state index in [1.54, 1.807) is 6.92 Å². The van der Waals surface area contributed by atoms with Crippen molar-refractivity contribution in [1.82, 2.24) is 5.32 Å². The van der Waals surface area contributed by atoms with Gasteiger partial charge in [0.25, 0.3) is 0 Å². The lowest BCUT2D eigenvalue weighted by atomic mass is 10.1. The van der Waals surface area contributed by atoms with Crippen molar-refractivity contribution in [3.05, 3.63) is 29.8 Å². The average molecular weight is 246 g/mol. The molecule has 0 aromatic heterocycles. The van der Waals surface area contributed by atoms with Crippen LogP contribution in [-0.2, 0) is 11.3 Å². The van der Waals surface area contributed by atoms with Crippen LogP contribution in [0.15, 0.2) is 24.3 Å². The third kappa shape index (κ3) is 3.84. The molecule has 0 aliphatic heterocycles. The molecule has 0 heterocycles. The predicted octanol–water partition coefficient (Wildman–Crippen LogP) is 2.92. The predicted molar refractivity (Wildman–Crippen MR) is 74.4 cm³/mol. The first kappa shape index (κ1) is 13.1. The van der Waals surface area contributed by atoms with Gasteiger partial charge in [0.15, 0.2) is 0 Å². The molecule has 1 aliphatic rings. The Labute approximate surface area is 109 Å². The van der Waals surface area contributed by atoms with Gasteiger partial charge in [-0.05, 0) is 36.9 Å². The van der Waals surface area contributed by atoms with Crippen molar-refractivity contribution in [2.45, 2.75) is 39.2 Å². The van der Waals surface area contributed by atoms with E-state index in [2.05, 4.69) is 16.7 Å². The van der Waals surface area contributed by atoms with Gasteiger partial charge < -0.3 is 10.6 Å². The Morgan fingerprint density at radius 3 is 2.72 bits per heavy atom. The molecule has 1 amide bonds. The summed E-state index contributed by atoms with van der Waals surface area (Å²) in [6.07, 6.45) is 5.49. The molecule has 0 spiro atoms. The lowest BCUT2D eigenvalue weighted by molar-refractivity contribution is -0.114. The van der Waals surface area contributed by atoms with Crippen molar-refractivity contribution in [1.29, 1.82) is 0 Å². The van der Waals surface area contributed by atoms with Crippen LogP contribution in [0.2, 0.25) is 0 Å². The third-order valence-corrected chi connectivity index (χ3v) is 3.55. The Hall–Kier alpha value is -1.35. The number of carbonyl (C=O) groups excluding carboxylic acids is 1. The van der Waals surface area contributed by atoms with Gasteiger partial charge in [0, 0.05) is 19.2 Å². The molecule has 0 radical (unpaired) electrons. The van der Waals surface area contributed by atoms with E-state index < -0.39 is 0 Å². The van der Waals surface area contributed by atoms with E-state index in [1.807, 2.05) is 18.2 Å². The number of hydrogen-bond acceptors (Lipinski definition) is 2. The highest BCUT2D eigenvalue weighted by Gasteiger charge is 2.14. The largest absolute Gasteiger partial charge is 0.326 e. The minimum absolute atomic E-state index is 0.0155. The van der Waals surface area contributed by atoms with E-state index in [4.69, 9.17) is 0 Å². The molecule has 18 heavy (non-hydrogen) atoms. The molecule has 1 aromatic carbocycles. The van der Waals surface area contributed by atoms with Gasteiger partial charge in [-0.15, -0.1) is 0 Å². The first-order valence-corrected chi connectivity index (χ1v) is 6.82. The SMILES string of the molecule is CC(=O)Nc1ccccc1CNCC1CCCC1. The van der Waals surface area contributed by atoms with Gasteiger partial charge >= 0.3 is 0 Å². The summed E-state index contributed by atoms with van der Waals surface area (Å²) in [6.45, 7) is 3.46. The Bertz CT molecular complexity index is 397. The second-order valence-corrected chi connectivity index (χ2v) is 5.12. The van der Waals surface area contributed by atoms with E-state index in [-0.39, 0.29) is 5.91 Å². The van der Waals surface area contributed by atoms with Crippen LogP contribution in [0.4, 0.5) is 5.69 Å². The lowest BCUT2D eigenvalue weighted by Crippen LogP contribution is -2.21. The van der Waals surface area contributed by atoms with Crippen molar-refractivity contribution in [3.63, 3.8) is 0 Å². The zero-order valence-electron chi connectivity index (χ0n) is 11.0. The Morgan fingerprint density at radius 2 is 2.00 bits per heavy atom. The van der Waals surface area contributed by atoms with E-state index >= 15 is 0 Å². The van der Waals surface area contributed by atoms with Gasteiger partial charge in [-0.2, -0.15) is 0 Å². The minimum atomic E-state index is -0.0155. The highest BCUT2D eigenvalue weighted by molar-refractivity contribution is 5.89. The van der Waals surface area contributed by atoms with Gasteiger partial charge in [0.1, 0.15) is 0 Å². The first-order valence-electron chi connectivity index (χ1n) is 6.82. The van der Waals surface area contributed by atoms with Crippen LogP contribution < -0.4 is 10.6 Å². The number of benzene rings is 1. The topological polar surface area (TPSA) is 41.1 Å². The van der Waals surface area contributed by atoms with Crippen LogP contribution in [0.3, 0.4) is 0 Å². The molecular weight excluding hydrogens is 224 g/mol. The number of amides is 1. The van der Waals surface area contributed by atoms with Crippen molar-refractivity contribution >= 4 is 11.6 Å². The third-order valence-electron chi connectivity index (χ3n) is 3.55. The quantitative estimate of drug-likeness (QED) is 0.838. The molecule has 1 aromatic rings. The maximum absolute atomic E-state index is 11.1. The van der Waals surface area contributed by atoms with Crippen molar-refractivity contribution < 1.29 is 4.79 Å². The average Bonchev–Trinajstić information content (AvgIpc) is 2.84. The van der Waals surface area contributed by atoms with Crippen molar-refractivity contribution in [2.75, 3.05) is 11.9 Å².